The molecule has 5 aliphatic rings. The van der Waals surface area contributed by atoms with E-state index >= 15 is 0 Å². The van der Waals surface area contributed by atoms with Crippen LogP contribution in [0.2, 0.25) is 0 Å². The summed E-state index contributed by atoms with van der Waals surface area (Å²) in [7, 11) is 1.29. The van der Waals surface area contributed by atoms with Crippen LogP contribution < -0.4 is 5.43 Å². The van der Waals surface area contributed by atoms with E-state index in [9.17, 15) is 5.11 Å². The predicted octanol–water partition coefficient (Wildman–Crippen LogP) is 8.28. The number of allylic oxidation sites excluding steroid dienone is 1. The highest BCUT2D eigenvalue weighted by Crippen LogP contribution is 2.64. The number of fused-ring (bicyclic) bond motifs is 1. The second-order valence-corrected chi connectivity index (χ2v) is 21.9. The third kappa shape index (κ3) is 7.53. The molecule has 6 rings (SSSR count). The lowest BCUT2D eigenvalue weighted by atomic mass is 9.65. The molecular weight excluding hydrogens is 635 g/mol. The minimum atomic E-state index is -0.753. The Morgan fingerprint density at radius 1 is 1.15 bits per heavy atom. The molecule has 2 saturated heterocycles. The maximum absolute atomic E-state index is 10.5. The quantitative estimate of drug-likeness (QED) is 0.0793. The Hall–Kier alpha value is -0.840. The third-order valence-electron chi connectivity index (χ3n) is 13.2. The lowest BCUT2D eigenvalue weighted by Crippen LogP contribution is -2.76. The van der Waals surface area contributed by atoms with Crippen LogP contribution in [0.3, 0.4) is 0 Å². The minimum absolute atomic E-state index is 0.0316. The average Bonchev–Trinajstić information content (AvgIpc) is 3.22. The maximum Gasteiger partial charge on any atom is 0.127 e. The Kier molecular flexibility index (Phi) is 11.6. The molecular formula is C40H65N3O3S2. The highest BCUT2D eigenvalue weighted by atomic mass is 32.3. The molecule has 2 spiro atoms. The van der Waals surface area contributed by atoms with Crippen molar-refractivity contribution in [2.45, 2.75) is 121 Å². The lowest BCUT2D eigenvalue weighted by Gasteiger charge is -2.67. The standard InChI is InChI=1S/C40H65N3O3S2/c1-30-15-21-40(43(29-30)23-22-41-42(5)47-45-24-17-33-12-9-8-10-13-33)32(3)39(46-40)19-11-14-34(31(2)28-39)26-37-38(4)20-16-36(44)27-35(38)18-25-48(37,6)7/h8-10,12-13,18,30,32,36-37,41,44H,11,14-17,19-29H2,1-7H3/t30?,32-,36?,37?,38?,39?,40?/m0/s1. The Morgan fingerprint density at radius 3 is 2.71 bits per heavy atom. The Balaban J connectivity index is 1.06. The fraction of sp³-hybridized carbons (Fsp3) is 0.750. The largest absolute Gasteiger partial charge is 0.393 e. The molecule has 270 valence electrons. The van der Waals surface area contributed by atoms with E-state index in [1.54, 1.807) is 16.7 Å². The van der Waals surface area contributed by atoms with Gasteiger partial charge in [-0.25, -0.2) is 15.5 Å². The van der Waals surface area contributed by atoms with Gasteiger partial charge >= 0.3 is 0 Å². The van der Waals surface area contributed by atoms with Crippen LogP contribution in [-0.2, 0) is 15.3 Å². The summed E-state index contributed by atoms with van der Waals surface area (Å²) in [4.78, 5) is 2.68. The summed E-state index contributed by atoms with van der Waals surface area (Å²) in [5.74, 6) is 2.43. The van der Waals surface area contributed by atoms with Crippen molar-refractivity contribution in [3.8, 4) is 0 Å². The SMILES string of the molecule is CC1=C(CC2C3(C)CCC(O)CC3=CCS2(C)C)CCCC2(C1)OC1(CCC(C)CN1CCNN(C)SOCCc1ccccc1)[C@H]2C. The van der Waals surface area contributed by atoms with Gasteiger partial charge in [0.1, 0.15) is 5.72 Å². The molecule has 1 aromatic carbocycles. The van der Waals surface area contributed by atoms with Crippen LogP contribution in [0, 0.1) is 17.3 Å². The number of aliphatic hydroxyl groups is 1. The summed E-state index contributed by atoms with van der Waals surface area (Å²) in [6.07, 6.45) is 19.8. The van der Waals surface area contributed by atoms with Crippen molar-refractivity contribution >= 4 is 22.3 Å². The molecule has 0 bridgehead atoms. The highest BCUT2D eigenvalue weighted by molar-refractivity contribution is 8.33. The number of nitrogens with zero attached hydrogens (tertiary/aromatic N) is 2. The van der Waals surface area contributed by atoms with Gasteiger partial charge in [-0.3, -0.25) is 9.08 Å². The fourth-order valence-corrected chi connectivity index (χ4v) is 13.9. The van der Waals surface area contributed by atoms with Gasteiger partial charge in [-0.05, 0) is 113 Å². The zero-order valence-corrected chi connectivity index (χ0v) is 32.7. The Bertz CT molecular complexity index is 1320. The number of likely N-dealkylation sites (tertiary alicyclic amines) is 1. The average molecular weight is 700 g/mol. The monoisotopic (exact) mass is 699 g/mol. The number of ether oxygens (including phenoxy) is 1. The summed E-state index contributed by atoms with van der Waals surface area (Å²) < 4.78 is 15.3. The van der Waals surface area contributed by atoms with Crippen LogP contribution in [0.25, 0.3) is 0 Å². The van der Waals surface area contributed by atoms with Gasteiger partial charge in [0.15, 0.2) is 0 Å². The van der Waals surface area contributed by atoms with Crippen molar-refractivity contribution in [1.82, 2.24) is 14.7 Å². The van der Waals surface area contributed by atoms with Crippen LogP contribution in [0.15, 0.2) is 53.1 Å². The number of hydrogen-bond donors (Lipinski definition) is 2. The Morgan fingerprint density at radius 2 is 1.94 bits per heavy atom. The topological polar surface area (TPSA) is 57.2 Å². The molecule has 0 amide bonds. The number of nitrogens with one attached hydrogen (secondary N) is 1. The summed E-state index contributed by atoms with van der Waals surface area (Å²) >= 11 is 1.40. The van der Waals surface area contributed by atoms with E-state index < -0.39 is 10.0 Å². The van der Waals surface area contributed by atoms with Crippen molar-refractivity contribution in [3.05, 3.63) is 58.7 Å². The molecule has 1 saturated carbocycles. The van der Waals surface area contributed by atoms with Gasteiger partial charge in [0, 0.05) is 37.8 Å². The summed E-state index contributed by atoms with van der Waals surface area (Å²) in [5, 5.41) is 11.2. The zero-order valence-electron chi connectivity index (χ0n) is 31.1. The van der Waals surface area contributed by atoms with Crippen LogP contribution >= 0.6 is 22.3 Å². The molecule has 6 nitrogen and oxygen atoms in total. The lowest BCUT2D eigenvalue weighted by molar-refractivity contribution is -0.388. The second kappa shape index (κ2) is 15.0. The van der Waals surface area contributed by atoms with Crippen LogP contribution in [0.4, 0.5) is 0 Å². The molecule has 6 unspecified atom stereocenters. The number of hydrazine groups is 1. The molecule has 3 heterocycles. The number of benzene rings is 1. The summed E-state index contributed by atoms with van der Waals surface area (Å²) in [6, 6.07) is 10.5. The van der Waals surface area contributed by atoms with Crippen LogP contribution in [-0.4, -0.2) is 88.7 Å². The van der Waals surface area contributed by atoms with Crippen molar-refractivity contribution in [1.29, 1.82) is 0 Å². The fourth-order valence-electron chi connectivity index (χ4n) is 10.2. The minimum Gasteiger partial charge on any atom is -0.393 e. The molecule has 1 aromatic rings. The van der Waals surface area contributed by atoms with Gasteiger partial charge in [0.25, 0.3) is 0 Å². The first kappa shape index (κ1) is 36.9. The van der Waals surface area contributed by atoms with E-state index in [4.69, 9.17) is 8.92 Å². The molecule has 2 N–H and O–H groups in total. The van der Waals surface area contributed by atoms with E-state index in [2.05, 4.69) is 86.9 Å². The number of aliphatic hydroxyl groups excluding tert-OH is 1. The van der Waals surface area contributed by atoms with Gasteiger partial charge < -0.3 is 9.84 Å². The van der Waals surface area contributed by atoms with Gasteiger partial charge in [-0.2, -0.15) is 4.41 Å². The Labute approximate surface area is 298 Å². The molecule has 48 heavy (non-hydrogen) atoms. The first-order valence-electron chi connectivity index (χ1n) is 18.9. The number of rotatable bonds is 11. The van der Waals surface area contributed by atoms with Crippen LogP contribution in [0.5, 0.6) is 0 Å². The van der Waals surface area contributed by atoms with E-state index in [-0.39, 0.29) is 22.8 Å². The number of hydrogen-bond acceptors (Lipinski definition) is 7. The van der Waals surface area contributed by atoms with Gasteiger partial charge in [0.2, 0.25) is 0 Å². The van der Waals surface area contributed by atoms with Crippen molar-refractivity contribution in [2.75, 3.05) is 51.6 Å². The number of piperidine rings is 1. The first-order chi connectivity index (χ1) is 22.9. The summed E-state index contributed by atoms with van der Waals surface area (Å²) in [5.41, 5.74) is 9.84. The van der Waals surface area contributed by atoms with Gasteiger partial charge in [-0.1, -0.05) is 73.9 Å². The van der Waals surface area contributed by atoms with E-state index in [1.807, 2.05) is 11.5 Å². The molecule has 3 aliphatic heterocycles. The molecule has 7 atom stereocenters. The predicted molar refractivity (Wildman–Crippen MR) is 205 cm³/mol. The molecule has 2 aliphatic carbocycles. The normalized spacial score (nSPS) is 37.6. The van der Waals surface area contributed by atoms with E-state index in [1.165, 1.54) is 55.6 Å². The van der Waals surface area contributed by atoms with E-state index in [0.717, 1.165) is 58.2 Å². The van der Waals surface area contributed by atoms with Crippen molar-refractivity contribution in [3.63, 3.8) is 0 Å². The smallest absolute Gasteiger partial charge is 0.127 e. The van der Waals surface area contributed by atoms with E-state index in [0.29, 0.717) is 23.7 Å². The zero-order chi connectivity index (χ0) is 34.2. The molecule has 8 heteroatoms. The van der Waals surface area contributed by atoms with Crippen molar-refractivity contribution < 1.29 is 14.0 Å². The maximum atomic E-state index is 10.5. The highest BCUT2D eigenvalue weighted by Gasteiger charge is 2.65. The van der Waals surface area contributed by atoms with Gasteiger partial charge in [0.05, 0.1) is 30.5 Å². The first-order valence-corrected chi connectivity index (χ1v) is 22.3. The second-order valence-electron chi connectivity index (χ2n) is 16.8. The molecule has 0 radical (unpaired) electrons. The van der Waals surface area contributed by atoms with Crippen LogP contribution in [0.1, 0.15) is 97.5 Å². The molecule has 0 aromatic heterocycles. The molecule has 3 fully saturated rings. The third-order valence-corrected chi connectivity index (χ3v) is 17.1. The van der Waals surface area contributed by atoms with Gasteiger partial charge in [-0.15, -0.1) is 0 Å². The van der Waals surface area contributed by atoms with Crippen molar-refractivity contribution in [2.24, 2.45) is 17.3 Å². The summed E-state index contributed by atoms with van der Waals surface area (Å²) in [6.45, 7) is 13.6.